The van der Waals surface area contributed by atoms with Crippen molar-refractivity contribution in [1.82, 2.24) is 14.1 Å². The number of hydrogen-bond donors (Lipinski definition) is 0. The molecule has 0 unspecified atom stereocenters. The number of nitrogens with zero attached hydrogens (tertiary/aromatic N) is 3. The highest BCUT2D eigenvalue weighted by Crippen LogP contribution is 2.21. The summed E-state index contributed by atoms with van der Waals surface area (Å²) in [4.78, 5) is 27.7. The van der Waals surface area contributed by atoms with Gasteiger partial charge in [-0.2, -0.15) is 4.31 Å². The average molecular weight is 410 g/mol. The minimum Gasteiger partial charge on any atom is -0.494 e. The molecule has 1 aromatic rings. The number of amides is 2. The van der Waals surface area contributed by atoms with Crippen LogP contribution in [0.25, 0.3) is 0 Å². The summed E-state index contributed by atoms with van der Waals surface area (Å²) < 4.78 is 32.4. The maximum atomic E-state index is 12.8. The van der Waals surface area contributed by atoms with Gasteiger partial charge in [-0.05, 0) is 37.6 Å². The van der Waals surface area contributed by atoms with Crippen LogP contribution < -0.4 is 4.74 Å². The van der Waals surface area contributed by atoms with E-state index in [-0.39, 0.29) is 36.2 Å². The van der Waals surface area contributed by atoms with E-state index >= 15 is 0 Å². The van der Waals surface area contributed by atoms with Gasteiger partial charge in [-0.3, -0.25) is 9.59 Å². The molecule has 0 saturated carbocycles. The summed E-state index contributed by atoms with van der Waals surface area (Å²) in [6, 6.07) is 6.39. The second-order valence-corrected chi connectivity index (χ2v) is 8.86. The van der Waals surface area contributed by atoms with Gasteiger partial charge in [0, 0.05) is 52.1 Å². The zero-order valence-electron chi connectivity index (χ0n) is 16.2. The Morgan fingerprint density at radius 2 is 1.75 bits per heavy atom. The summed E-state index contributed by atoms with van der Waals surface area (Å²) in [7, 11) is -3.59. The summed E-state index contributed by atoms with van der Waals surface area (Å²) in [5.74, 6) is 0.713. The van der Waals surface area contributed by atoms with Gasteiger partial charge < -0.3 is 14.5 Å². The molecule has 3 rings (SSSR count). The molecule has 2 aliphatic heterocycles. The highest BCUT2D eigenvalue weighted by molar-refractivity contribution is 7.89. The minimum absolute atomic E-state index is 0.0298. The van der Waals surface area contributed by atoms with Crippen molar-refractivity contribution in [2.45, 2.75) is 31.1 Å². The second kappa shape index (κ2) is 8.91. The molecule has 2 amide bonds. The maximum absolute atomic E-state index is 12.8. The Morgan fingerprint density at radius 3 is 2.32 bits per heavy atom. The van der Waals surface area contributed by atoms with E-state index in [9.17, 15) is 18.0 Å². The molecule has 0 spiro atoms. The molecule has 0 aromatic heterocycles. The first-order chi connectivity index (χ1) is 13.4. The number of benzene rings is 1. The lowest BCUT2D eigenvalue weighted by Crippen LogP contribution is -2.50. The van der Waals surface area contributed by atoms with Gasteiger partial charge in [-0.15, -0.1) is 0 Å². The van der Waals surface area contributed by atoms with E-state index in [0.717, 1.165) is 13.0 Å². The van der Waals surface area contributed by atoms with E-state index in [4.69, 9.17) is 4.74 Å². The predicted molar refractivity (Wildman–Crippen MR) is 103 cm³/mol. The fourth-order valence-corrected chi connectivity index (χ4v) is 4.95. The van der Waals surface area contributed by atoms with Crippen molar-refractivity contribution < 1.29 is 22.7 Å². The van der Waals surface area contributed by atoms with Gasteiger partial charge >= 0.3 is 0 Å². The molecule has 0 N–H and O–H groups in total. The Morgan fingerprint density at radius 1 is 1.07 bits per heavy atom. The van der Waals surface area contributed by atoms with Crippen molar-refractivity contribution >= 4 is 21.8 Å². The van der Waals surface area contributed by atoms with Crippen LogP contribution in [0.4, 0.5) is 0 Å². The number of sulfonamides is 1. The van der Waals surface area contributed by atoms with Crippen LogP contribution in [-0.2, 0) is 19.6 Å². The monoisotopic (exact) mass is 409 g/mol. The van der Waals surface area contributed by atoms with E-state index < -0.39 is 10.0 Å². The maximum Gasteiger partial charge on any atom is 0.243 e. The summed E-state index contributed by atoms with van der Waals surface area (Å²) in [5, 5.41) is 0. The summed E-state index contributed by atoms with van der Waals surface area (Å²) >= 11 is 0. The van der Waals surface area contributed by atoms with Crippen LogP contribution in [0.1, 0.15) is 26.2 Å². The Labute approximate surface area is 166 Å². The van der Waals surface area contributed by atoms with Crippen LogP contribution in [0.3, 0.4) is 0 Å². The number of hydrogen-bond acceptors (Lipinski definition) is 5. The van der Waals surface area contributed by atoms with E-state index in [1.54, 1.807) is 34.1 Å². The molecule has 154 valence electrons. The van der Waals surface area contributed by atoms with E-state index in [1.165, 1.54) is 4.31 Å². The Balaban J connectivity index is 1.52. The van der Waals surface area contributed by atoms with Gasteiger partial charge in [0.2, 0.25) is 21.8 Å². The molecule has 0 atom stereocenters. The molecule has 9 heteroatoms. The lowest BCUT2D eigenvalue weighted by atomic mass is 10.3. The summed E-state index contributed by atoms with van der Waals surface area (Å²) in [6.45, 7) is 4.82. The number of rotatable bonds is 7. The van der Waals surface area contributed by atoms with Crippen LogP contribution in [-0.4, -0.2) is 80.2 Å². The molecule has 2 saturated heterocycles. The highest BCUT2D eigenvalue weighted by atomic mass is 32.2. The normalized spacial score (nSPS) is 18.5. The predicted octanol–water partition coefficient (Wildman–Crippen LogP) is 0.931. The van der Waals surface area contributed by atoms with Gasteiger partial charge in [-0.25, -0.2) is 8.42 Å². The average Bonchev–Trinajstić information content (AvgIpc) is 3.12. The molecule has 0 aliphatic carbocycles. The van der Waals surface area contributed by atoms with Gasteiger partial charge in [0.15, 0.2) is 0 Å². The summed E-state index contributed by atoms with van der Waals surface area (Å²) in [5.41, 5.74) is 0. The number of carbonyl (C=O) groups is 2. The van der Waals surface area contributed by atoms with Gasteiger partial charge in [0.05, 0.1) is 11.5 Å². The molecule has 2 aliphatic rings. The van der Waals surface area contributed by atoms with E-state index in [0.29, 0.717) is 38.4 Å². The van der Waals surface area contributed by atoms with Crippen LogP contribution >= 0.6 is 0 Å². The van der Waals surface area contributed by atoms with Crippen LogP contribution in [0, 0.1) is 0 Å². The second-order valence-electron chi connectivity index (χ2n) is 6.92. The fraction of sp³-hybridized carbons (Fsp3) is 0.579. The molecule has 28 heavy (non-hydrogen) atoms. The zero-order valence-corrected chi connectivity index (χ0v) is 17.0. The Hall–Kier alpha value is -2.13. The van der Waals surface area contributed by atoms with Gasteiger partial charge in [0.25, 0.3) is 0 Å². The Kier molecular flexibility index (Phi) is 6.56. The first-order valence-electron chi connectivity index (χ1n) is 9.70. The third kappa shape index (κ3) is 4.64. The van der Waals surface area contributed by atoms with Crippen molar-refractivity contribution in [3.05, 3.63) is 24.3 Å². The van der Waals surface area contributed by atoms with Crippen molar-refractivity contribution in [1.29, 1.82) is 0 Å². The van der Waals surface area contributed by atoms with Crippen molar-refractivity contribution in [3.63, 3.8) is 0 Å². The standard InChI is InChI=1S/C19H27N3O5S/c1-2-27-16-5-7-17(8-6-16)28(25,26)22-14-12-21(13-15-22)19(24)9-11-20-10-3-4-18(20)23/h5-8H,2-4,9-15H2,1H3. The van der Waals surface area contributed by atoms with E-state index in [2.05, 4.69) is 0 Å². The number of ether oxygens (including phenoxy) is 1. The lowest BCUT2D eigenvalue weighted by Gasteiger charge is -2.34. The molecule has 2 fully saturated rings. The molecular weight excluding hydrogens is 382 g/mol. The number of likely N-dealkylation sites (tertiary alicyclic amines) is 1. The SMILES string of the molecule is CCOc1ccc(S(=O)(=O)N2CCN(C(=O)CCN3CCCC3=O)CC2)cc1. The molecular formula is C19H27N3O5S. The summed E-state index contributed by atoms with van der Waals surface area (Å²) in [6.07, 6.45) is 1.71. The fourth-order valence-electron chi connectivity index (χ4n) is 3.53. The third-order valence-corrected chi connectivity index (χ3v) is 7.04. The van der Waals surface area contributed by atoms with Crippen LogP contribution in [0.15, 0.2) is 29.2 Å². The molecule has 0 radical (unpaired) electrons. The first kappa shape index (κ1) is 20.6. The smallest absolute Gasteiger partial charge is 0.243 e. The van der Waals surface area contributed by atoms with Crippen molar-refractivity contribution in [2.24, 2.45) is 0 Å². The topological polar surface area (TPSA) is 87.2 Å². The third-order valence-electron chi connectivity index (χ3n) is 5.13. The first-order valence-corrected chi connectivity index (χ1v) is 11.1. The van der Waals surface area contributed by atoms with Crippen LogP contribution in [0.2, 0.25) is 0 Å². The molecule has 8 nitrogen and oxygen atoms in total. The van der Waals surface area contributed by atoms with Gasteiger partial charge in [-0.1, -0.05) is 0 Å². The molecule has 2 heterocycles. The quantitative estimate of drug-likeness (QED) is 0.669. The highest BCUT2D eigenvalue weighted by Gasteiger charge is 2.30. The number of carbonyl (C=O) groups excluding carboxylic acids is 2. The van der Waals surface area contributed by atoms with Crippen LogP contribution in [0.5, 0.6) is 5.75 Å². The van der Waals surface area contributed by atoms with Crippen molar-refractivity contribution in [3.8, 4) is 5.75 Å². The zero-order chi connectivity index (χ0) is 20.1. The molecule has 1 aromatic carbocycles. The molecule has 0 bridgehead atoms. The number of piperazine rings is 1. The van der Waals surface area contributed by atoms with E-state index in [1.807, 2.05) is 6.92 Å². The minimum atomic E-state index is -3.59. The lowest BCUT2D eigenvalue weighted by molar-refractivity contribution is -0.133. The Bertz CT molecular complexity index is 801. The van der Waals surface area contributed by atoms with Gasteiger partial charge in [0.1, 0.15) is 5.75 Å². The van der Waals surface area contributed by atoms with Crippen molar-refractivity contribution in [2.75, 3.05) is 45.9 Å². The largest absolute Gasteiger partial charge is 0.494 e.